The van der Waals surface area contributed by atoms with Crippen molar-refractivity contribution in [3.8, 4) is 28.1 Å². The maximum absolute atomic E-state index is 11.7. The summed E-state index contributed by atoms with van der Waals surface area (Å²) in [5, 5.41) is 17.6. The molecule has 156 valence electrons. The molecule has 0 saturated carbocycles. The quantitative estimate of drug-likeness (QED) is 0.462. The van der Waals surface area contributed by atoms with Crippen LogP contribution in [0, 0.1) is 0 Å². The minimum atomic E-state index is -1.10. The average molecular weight is 445 g/mol. The van der Waals surface area contributed by atoms with Crippen LogP contribution >= 0.6 is 23.2 Å². The Bertz CT molecular complexity index is 1190. The number of nitrogens with zero attached hydrogens (tertiary/aromatic N) is 1. The second-order valence-corrected chi connectivity index (χ2v) is 9.82. The molecular weight excluding hydrogens is 423 g/mol. The molecule has 0 unspecified atom stereocenters. The standard InChI is InChI=1S/C23H22Cl2N2O3/c1-22(2,3)14-9-8-13-18-17(19(21(28)29)27-26-18)23(4,5)30-20(13)16(14)12-7-6-11(24)10-15(12)25/h6-10H,1-5H3,(H,26,27)(H,28,29). The number of H-pyrrole nitrogens is 1. The summed E-state index contributed by atoms with van der Waals surface area (Å²) in [6.45, 7) is 10.1. The summed E-state index contributed by atoms with van der Waals surface area (Å²) in [6, 6.07) is 9.37. The Hall–Kier alpha value is -2.50. The number of hydrogen-bond acceptors (Lipinski definition) is 3. The highest BCUT2D eigenvalue weighted by atomic mass is 35.5. The van der Waals surface area contributed by atoms with Crippen molar-refractivity contribution in [3.05, 3.63) is 57.2 Å². The molecule has 2 heterocycles. The number of ether oxygens (including phenoxy) is 1. The summed E-state index contributed by atoms with van der Waals surface area (Å²) in [6.07, 6.45) is 0. The first-order chi connectivity index (χ1) is 13.9. The fourth-order valence-corrected chi connectivity index (χ4v) is 4.56. The van der Waals surface area contributed by atoms with E-state index in [1.807, 2.05) is 32.0 Å². The number of aromatic carboxylic acids is 1. The van der Waals surface area contributed by atoms with E-state index in [0.29, 0.717) is 27.1 Å². The third-order valence-corrected chi connectivity index (χ3v) is 5.91. The van der Waals surface area contributed by atoms with Gasteiger partial charge in [-0.25, -0.2) is 4.79 Å². The van der Waals surface area contributed by atoms with Crippen LogP contribution in [0.3, 0.4) is 0 Å². The molecule has 0 aliphatic carbocycles. The van der Waals surface area contributed by atoms with Crippen molar-refractivity contribution in [2.45, 2.75) is 45.6 Å². The number of carboxylic acid groups (broad SMARTS) is 1. The second kappa shape index (κ2) is 6.76. The Morgan fingerprint density at radius 2 is 1.80 bits per heavy atom. The third-order valence-electron chi connectivity index (χ3n) is 5.36. The van der Waals surface area contributed by atoms with Crippen molar-refractivity contribution < 1.29 is 14.6 Å². The van der Waals surface area contributed by atoms with Gasteiger partial charge in [-0.05, 0) is 43.0 Å². The van der Waals surface area contributed by atoms with Crippen molar-refractivity contribution in [2.24, 2.45) is 0 Å². The van der Waals surface area contributed by atoms with Gasteiger partial charge >= 0.3 is 5.97 Å². The lowest BCUT2D eigenvalue weighted by atomic mass is 9.78. The molecule has 0 radical (unpaired) electrons. The number of halogens is 2. The van der Waals surface area contributed by atoms with Crippen molar-refractivity contribution in [3.63, 3.8) is 0 Å². The molecule has 0 spiro atoms. The van der Waals surface area contributed by atoms with Crippen LogP contribution in [0.2, 0.25) is 10.0 Å². The number of benzene rings is 2. The van der Waals surface area contributed by atoms with Gasteiger partial charge in [0.2, 0.25) is 0 Å². The van der Waals surface area contributed by atoms with Crippen LogP contribution in [0.25, 0.3) is 22.4 Å². The Morgan fingerprint density at radius 1 is 1.13 bits per heavy atom. The van der Waals surface area contributed by atoms with Crippen molar-refractivity contribution in [2.75, 3.05) is 0 Å². The van der Waals surface area contributed by atoms with Gasteiger partial charge in [-0.15, -0.1) is 0 Å². The molecule has 3 aromatic rings. The van der Waals surface area contributed by atoms with Crippen molar-refractivity contribution >= 4 is 29.2 Å². The van der Waals surface area contributed by atoms with E-state index in [-0.39, 0.29) is 11.1 Å². The van der Waals surface area contributed by atoms with Gasteiger partial charge in [-0.2, -0.15) is 5.10 Å². The number of hydrogen-bond donors (Lipinski definition) is 2. The van der Waals surface area contributed by atoms with E-state index < -0.39 is 11.6 Å². The van der Waals surface area contributed by atoms with E-state index in [0.717, 1.165) is 22.3 Å². The van der Waals surface area contributed by atoms with E-state index >= 15 is 0 Å². The van der Waals surface area contributed by atoms with Gasteiger partial charge in [-0.3, -0.25) is 5.10 Å². The van der Waals surface area contributed by atoms with Crippen LogP contribution in [0.4, 0.5) is 0 Å². The lowest BCUT2D eigenvalue weighted by molar-refractivity contribution is 0.0665. The van der Waals surface area contributed by atoms with Crippen LogP contribution in [-0.4, -0.2) is 21.3 Å². The first-order valence-electron chi connectivity index (χ1n) is 9.56. The number of nitrogens with one attached hydrogen (secondary N) is 1. The summed E-state index contributed by atoms with van der Waals surface area (Å²) < 4.78 is 6.49. The maximum Gasteiger partial charge on any atom is 0.356 e. The maximum atomic E-state index is 11.7. The summed E-state index contributed by atoms with van der Waals surface area (Å²) in [7, 11) is 0. The lowest BCUT2D eigenvalue weighted by Gasteiger charge is -2.36. The third kappa shape index (κ3) is 3.17. The zero-order valence-corrected chi connectivity index (χ0v) is 18.9. The normalized spacial score (nSPS) is 14.6. The predicted octanol–water partition coefficient (Wildman–Crippen LogP) is 6.67. The van der Waals surface area contributed by atoms with Gasteiger partial charge in [0.15, 0.2) is 5.69 Å². The first-order valence-corrected chi connectivity index (χ1v) is 10.3. The minimum Gasteiger partial charge on any atom is -0.482 e. The molecule has 1 aliphatic heterocycles. The van der Waals surface area contributed by atoms with E-state index in [1.165, 1.54) is 0 Å². The molecule has 4 rings (SSSR count). The summed E-state index contributed by atoms with van der Waals surface area (Å²) in [5.41, 5.74) is 3.51. The van der Waals surface area contributed by atoms with Gasteiger partial charge < -0.3 is 9.84 Å². The van der Waals surface area contributed by atoms with E-state index in [9.17, 15) is 9.90 Å². The summed E-state index contributed by atoms with van der Waals surface area (Å²) in [4.78, 5) is 11.7. The Morgan fingerprint density at radius 3 is 2.40 bits per heavy atom. The summed E-state index contributed by atoms with van der Waals surface area (Å²) in [5.74, 6) is -0.454. The van der Waals surface area contributed by atoms with E-state index in [1.54, 1.807) is 12.1 Å². The van der Waals surface area contributed by atoms with Crippen LogP contribution in [-0.2, 0) is 11.0 Å². The molecule has 5 nitrogen and oxygen atoms in total. The van der Waals surface area contributed by atoms with Crippen molar-refractivity contribution in [1.29, 1.82) is 0 Å². The zero-order chi connectivity index (χ0) is 22.0. The molecule has 0 bridgehead atoms. The molecule has 0 saturated heterocycles. The SMILES string of the molecule is CC(C)(C)c1ccc2c(c1-c1ccc(Cl)cc1Cl)OC(C)(C)c1c(C(=O)O)n[nH]c1-2. The van der Waals surface area contributed by atoms with Gasteiger partial charge in [0.1, 0.15) is 11.4 Å². The Labute approximate surface area is 185 Å². The van der Waals surface area contributed by atoms with Gasteiger partial charge in [0.05, 0.1) is 16.3 Å². The number of rotatable bonds is 2. The second-order valence-electron chi connectivity index (χ2n) is 8.98. The lowest BCUT2D eigenvalue weighted by Crippen LogP contribution is -2.31. The van der Waals surface area contributed by atoms with Crippen LogP contribution < -0.4 is 4.74 Å². The van der Waals surface area contributed by atoms with E-state index in [4.69, 9.17) is 27.9 Å². The van der Waals surface area contributed by atoms with Gasteiger partial charge in [-0.1, -0.05) is 56.1 Å². The number of aromatic nitrogens is 2. The van der Waals surface area contributed by atoms with Gasteiger partial charge in [0, 0.05) is 21.7 Å². The average Bonchev–Trinajstić information content (AvgIpc) is 3.07. The fourth-order valence-electron chi connectivity index (χ4n) is 4.05. The minimum absolute atomic E-state index is 0.0355. The fraction of sp³-hybridized carbons (Fsp3) is 0.304. The highest BCUT2D eigenvalue weighted by molar-refractivity contribution is 6.36. The topological polar surface area (TPSA) is 75.2 Å². The van der Waals surface area contributed by atoms with Crippen molar-refractivity contribution in [1.82, 2.24) is 10.2 Å². The number of aromatic amines is 1. The largest absolute Gasteiger partial charge is 0.482 e. The van der Waals surface area contributed by atoms with Gasteiger partial charge in [0.25, 0.3) is 0 Å². The molecule has 30 heavy (non-hydrogen) atoms. The predicted molar refractivity (Wildman–Crippen MR) is 119 cm³/mol. The number of carbonyl (C=O) groups is 1. The molecule has 2 N–H and O–H groups in total. The smallest absolute Gasteiger partial charge is 0.356 e. The number of carboxylic acids is 1. The molecule has 1 aromatic heterocycles. The van der Waals surface area contributed by atoms with E-state index in [2.05, 4.69) is 31.0 Å². The molecular formula is C23H22Cl2N2O3. The molecule has 0 atom stereocenters. The molecule has 0 fully saturated rings. The first kappa shape index (κ1) is 20.8. The molecule has 2 aromatic carbocycles. The molecule has 7 heteroatoms. The van der Waals surface area contributed by atoms with Crippen LogP contribution in [0.5, 0.6) is 5.75 Å². The zero-order valence-electron chi connectivity index (χ0n) is 17.4. The highest BCUT2D eigenvalue weighted by Gasteiger charge is 2.41. The Kier molecular flexibility index (Phi) is 4.68. The monoisotopic (exact) mass is 444 g/mol. The highest BCUT2D eigenvalue weighted by Crippen LogP contribution is 2.53. The summed E-state index contributed by atoms with van der Waals surface area (Å²) >= 11 is 12.7. The van der Waals surface area contributed by atoms with Crippen LogP contribution in [0.1, 0.15) is 56.2 Å². The number of fused-ring (bicyclic) bond motifs is 3. The molecule has 0 amide bonds. The molecule has 1 aliphatic rings. The van der Waals surface area contributed by atoms with Crippen LogP contribution in [0.15, 0.2) is 30.3 Å². The Balaban J connectivity index is 2.10.